The minimum absolute atomic E-state index is 0.0115. The highest BCUT2D eigenvalue weighted by Gasteiger charge is 2.37. The van der Waals surface area contributed by atoms with Gasteiger partial charge in [0.2, 0.25) is 10.0 Å². The second-order valence-corrected chi connectivity index (χ2v) is 8.57. The molecule has 5 nitrogen and oxygen atoms in total. The third kappa shape index (κ3) is 3.24. The summed E-state index contributed by atoms with van der Waals surface area (Å²) in [4.78, 5) is 11.2. The van der Waals surface area contributed by atoms with Crippen LogP contribution in [0.4, 0.5) is 0 Å². The van der Waals surface area contributed by atoms with Crippen LogP contribution in [-0.2, 0) is 10.0 Å². The topological polar surface area (TPSA) is 74.7 Å². The summed E-state index contributed by atoms with van der Waals surface area (Å²) in [7, 11) is -3.64. The van der Waals surface area contributed by atoms with Crippen LogP contribution in [0.15, 0.2) is 23.1 Å². The van der Waals surface area contributed by atoms with Crippen LogP contribution in [0.5, 0.6) is 0 Å². The first-order valence-electron chi connectivity index (χ1n) is 6.80. The Labute approximate surface area is 138 Å². The zero-order chi connectivity index (χ0) is 15.8. The fourth-order valence-electron chi connectivity index (χ4n) is 2.69. The van der Waals surface area contributed by atoms with Crippen molar-refractivity contribution in [3.05, 3.63) is 27.3 Å². The number of rotatable bonds is 4. The van der Waals surface area contributed by atoms with E-state index in [2.05, 4.69) is 0 Å². The Balaban J connectivity index is 2.45. The third-order valence-corrected chi connectivity index (χ3v) is 6.65. The van der Waals surface area contributed by atoms with E-state index >= 15 is 0 Å². The van der Waals surface area contributed by atoms with Crippen LogP contribution in [0.2, 0.25) is 0 Å². The highest BCUT2D eigenvalue weighted by molar-refractivity contribution is 14.1. The molecule has 0 spiro atoms. The maximum atomic E-state index is 12.8. The molecular weight excluding hydrogens is 405 g/mol. The van der Waals surface area contributed by atoms with Crippen LogP contribution in [0.3, 0.4) is 0 Å². The van der Waals surface area contributed by atoms with E-state index in [1.165, 1.54) is 22.5 Å². The summed E-state index contributed by atoms with van der Waals surface area (Å²) >= 11 is 1.89. The number of sulfonamides is 1. The number of carboxylic acid groups (broad SMARTS) is 1. The molecule has 0 radical (unpaired) electrons. The van der Waals surface area contributed by atoms with Gasteiger partial charge in [-0.15, -0.1) is 0 Å². The van der Waals surface area contributed by atoms with E-state index in [0.29, 0.717) is 10.1 Å². The lowest BCUT2D eigenvalue weighted by Crippen LogP contribution is -2.38. The van der Waals surface area contributed by atoms with Gasteiger partial charge in [-0.05, 0) is 59.5 Å². The molecule has 0 amide bonds. The van der Waals surface area contributed by atoms with Gasteiger partial charge in [0.15, 0.2) is 0 Å². The minimum atomic E-state index is -3.64. The highest BCUT2D eigenvalue weighted by atomic mass is 127. The molecule has 1 aromatic carbocycles. The van der Waals surface area contributed by atoms with Crippen molar-refractivity contribution in [2.45, 2.75) is 37.6 Å². The van der Waals surface area contributed by atoms with Crippen LogP contribution in [-0.4, -0.2) is 36.4 Å². The zero-order valence-corrected chi connectivity index (χ0v) is 14.9. The summed E-state index contributed by atoms with van der Waals surface area (Å²) in [5, 5.41) is 9.15. The first kappa shape index (κ1) is 16.7. The van der Waals surface area contributed by atoms with Crippen molar-refractivity contribution in [1.82, 2.24) is 4.31 Å². The maximum absolute atomic E-state index is 12.8. The van der Waals surface area contributed by atoms with E-state index in [1.54, 1.807) is 0 Å². The second-order valence-electron chi connectivity index (χ2n) is 5.52. The summed E-state index contributed by atoms with van der Waals surface area (Å²) < 4.78 is 27.6. The van der Waals surface area contributed by atoms with Gasteiger partial charge in [-0.1, -0.05) is 13.8 Å². The van der Waals surface area contributed by atoms with Crippen molar-refractivity contribution in [3.63, 3.8) is 0 Å². The number of benzene rings is 1. The third-order valence-electron chi connectivity index (χ3n) is 3.79. The largest absolute Gasteiger partial charge is 0.478 e. The molecule has 1 fully saturated rings. The lowest BCUT2D eigenvalue weighted by molar-refractivity contribution is 0.0695. The molecular formula is C14H18INO4S. The number of halogens is 1. The predicted molar refractivity (Wildman–Crippen MR) is 87.9 cm³/mol. The second kappa shape index (κ2) is 6.21. The Hall–Kier alpha value is -0.670. The van der Waals surface area contributed by atoms with Crippen molar-refractivity contribution in [1.29, 1.82) is 0 Å². The van der Waals surface area contributed by atoms with Crippen molar-refractivity contribution < 1.29 is 18.3 Å². The van der Waals surface area contributed by atoms with Crippen LogP contribution >= 0.6 is 22.6 Å². The molecule has 1 atom stereocenters. The number of carbonyl (C=O) groups is 1. The summed E-state index contributed by atoms with van der Waals surface area (Å²) in [5.74, 6) is -0.872. The molecule has 21 heavy (non-hydrogen) atoms. The van der Waals surface area contributed by atoms with Gasteiger partial charge in [0.25, 0.3) is 0 Å². The molecule has 2 rings (SSSR count). The average molecular weight is 423 g/mol. The van der Waals surface area contributed by atoms with E-state index in [9.17, 15) is 13.2 Å². The molecule has 116 valence electrons. The first-order chi connectivity index (χ1) is 9.75. The van der Waals surface area contributed by atoms with Gasteiger partial charge in [0.1, 0.15) is 0 Å². The average Bonchev–Trinajstić information content (AvgIpc) is 2.88. The number of hydrogen-bond donors (Lipinski definition) is 1. The number of carboxylic acids is 1. The molecule has 1 aliphatic rings. The molecule has 0 aliphatic carbocycles. The number of hydrogen-bond acceptors (Lipinski definition) is 3. The molecule has 1 N–H and O–H groups in total. The van der Waals surface area contributed by atoms with Gasteiger partial charge >= 0.3 is 5.97 Å². The highest BCUT2D eigenvalue weighted by Crippen LogP contribution is 2.31. The minimum Gasteiger partial charge on any atom is -0.478 e. The van der Waals surface area contributed by atoms with Crippen molar-refractivity contribution in [2.75, 3.05) is 6.54 Å². The van der Waals surface area contributed by atoms with Gasteiger partial charge in [0, 0.05) is 16.2 Å². The molecule has 1 aromatic rings. The molecule has 1 heterocycles. The monoisotopic (exact) mass is 423 g/mol. The van der Waals surface area contributed by atoms with Gasteiger partial charge < -0.3 is 5.11 Å². The molecule has 0 aromatic heterocycles. The van der Waals surface area contributed by atoms with E-state index < -0.39 is 16.0 Å². The van der Waals surface area contributed by atoms with Crippen molar-refractivity contribution in [3.8, 4) is 0 Å². The zero-order valence-electron chi connectivity index (χ0n) is 11.9. The van der Waals surface area contributed by atoms with Gasteiger partial charge in [-0.25, -0.2) is 13.2 Å². The van der Waals surface area contributed by atoms with E-state index in [-0.39, 0.29) is 22.4 Å². The Bertz CT molecular complexity index is 657. The Morgan fingerprint density at radius 1 is 1.43 bits per heavy atom. The number of aromatic carboxylic acids is 1. The Morgan fingerprint density at radius 3 is 2.67 bits per heavy atom. The lowest BCUT2D eigenvalue weighted by atomic mass is 10.0. The first-order valence-corrected chi connectivity index (χ1v) is 9.31. The molecule has 1 saturated heterocycles. The molecule has 7 heteroatoms. The molecule has 0 saturated carbocycles. The summed E-state index contributed by atoms with van der Waals surface area (Å²) in [6.45, 7) is 4.52. The van der Waals surface area contributed by atoms with Crippen LogP contribution in [0.25, 0.3) is 0 Å². The predicted octanol–water partition coefficient (Wildman–Crippen LogP) is 2.80. The quantitative estimate of drug-likeness (QED) is 0.756. The summed E-state index contributed by atoms with van der Waals surface area (Å²) in [5.41, 5.74) is 0.0250. The fourth-order valence-corrected chi connectivity index (χ4v) is 5.11. The molecule has 1 aliphatic heterocycles. The van der Waals surface area contributed by atoms with Crippen LogP contribution in [0, 0.1) is 9.49 Å². The smallest absolute Gasteiger partial charge is 0.336 e. The molecule has 0 bridgehead atoms. The Morgan fingerprint density at radius 2 is 2.10 bits per heavy atom. The number of nitrogens with zero attached hydrogens (tertiary/aromatic N) is 1. The van der Waals surface area contributed by atoms with Gasteiger partial charge in [-0.3, -0.25) is 0 Å². The van der Waals surface area contributed by atoms with E-state index in [0.717, 1.165) is 12.8 Å². The van der Waals surface area contributed by atoms with Crippen molar-refractivity contribution >= 4 is 38.6 Å². The lowest BCUT2D eigenvalue weighted by Gasteiger charge is -2.27. The summed E-state index contributed by atoms with van der Waals surface area (Å²) in [6.07, 6.45) is 1.70. The van der Waals surface area contributed by atoms with Crippen molar-refractivity contribution in [2.24, 2.45) is 5.92 Å². The van der Waals surface area contributed by atoms with Crippen LogP contribution < -0.4 is 0 Å². The SMILES string of the molecule is CC(C)C1CCCN1S(=O)(=O)c1ccc(I)c(C(=O)O)c1. The van der Waals surface area contributed by atoms with E-state index in [4.69, 9.17) is 5.11 Å². The fraction of sp³-hybridized carbons (Fsp3) is 0.500. The maximum Gasteiger partial charge on any atom is 0.336 e. The summed E-state index contributed by atoms with van der Waals surface area (Å²) in [6, 6.07) is 4.27. The molecule has 1 unspecified atom stereocenters. The van der Waals surface area contributed by atoms with Crippen LogP contribution in [0.1, 0.15) is 37.0 Å². The Kier molecular flexibility index (Phi) is 4.94. The van der Waals surface area contributed by atoms with Gasteiger partial charge in [-0.2, -0.15) is 4.31 Å². The van der Waals surface area contributed by atoms with E-state index in [1.807, 2.05) is 36.4 Å². The van der Waals surface area contributed by atoms with Gasteiger partial charge in [0.05, 0.1) is 10.5 Å². The normalized spacial score (nSPS) is 20.1. The standard InChI is InChI=1S/C14H18INO4S/c1-9(2)13-4-3-7-16(13)21(19,20)10-5-6-12(15)11(8-10)14(17)18/h5-6,8-9,13H,3-4,7H2,1-2H3,(H,17,18).